The summed E-state index contributed by atoms with van der Waals surface area (Å²) in [5, 5.41) is 24.7. The second-order valence-corrected chi connectivity index (χ2v) is 5.20. The molecule has 0 unspecified atom stereocenters. The zero-order valence-electron chi connectivity index (χ0n) is 11.7. The maximum atomic E-state index is 11.7. The summed E-state index contributed by atoms with van der Waals surface area (Å²) in [7, 11) is 0. The third-order valence-corrected chi connectivity index (χ3v) is 3.30. The number of benzene rings is 1. The largest absolute Gasteiger partial charge is 0.548 e. The second kappa shape index (κ2) is 6.97. The van der Waals surface area contributed by atoms with E-state index < -0.39 is 29.7 Å². The Balaban J connectivity index is 2.11. The van der Waals surface area contributed by atoms with Crippen LogP contribution in [0.1, 0.15) is 5.56 Å². The maximum absolute atomic E-state index is 11.7. The Kier molecular flexibility index (Phi) is 5.02. The van der Waals surface area contributed by atoms with Gasteiger partial charge in [-0.2, -0.15) is 0 Å². The molecular weight excluding hydrogens is 322 g/mol. The van der Waals surface area contributed by atoms with Crippen LogP contribution in [0, 0.1) is 5.92 Å². The molecule has 1 fully saturated rings. The lowest BCUT2D eigenvalue weighted by Gasteiger charge is -2.20. The fraction of sp³-hybridized carbons (Fsp3) is 0.214. The van der Waals surface area contributed by atoms with E-state index in [2.05, 4.69) is 27.8 Å². The monoisotopic (exact) mass is 334 g/mol. The van der Waals surface area contributed by atoms with E-state index >= 15 is 0 Å². The highest BCUT2D eigenvalue weighted by Crippen LogP contribution is 2.12. The van der Waals surface area contributed by atoms with Gasteiger partial charge in [-0.25, -0.2) is 0 Å². The van der Waals surface area contributed by atoms with Gasteiger partial charge in [-0.1, -0.05) is 12.1 Å². The Hall–Kier alpha value is -2.81. The molecule has 0 radical (unpaired) electrons. The SMILES string of the molecule is O=C1NC(=S)NC(=O)C1C=N[C@@H](Cc1ccc(O)cc1)C(=O)[O-]. The highest BCUT2D eigenvalue weighted by Gasteiger charge is 2.31. The highest BCUT2D eigenvalue weighted by atomic mass is 32.1. The van der Waals surface area contributed by atoms with Crippen LogP contribution in [0.5, 0.6) is 5.75 Å². The second-order valence-electron chi connectivity index (χ2n) is 4.79. The summed E-state index contributed by atoms with van der Waals surface area (Å²) >= 11 is 4.65. The molecule has 0 aliphatic carbocycles. The molecule has 120 valence electrons. The van der Waals surface area contributed by atoms with Crippen LogP contribution in [0.4, 0.5) is 0 Å². The molecule has 0 spiro atoms. The van der Waals surface area contributed by atoms with Gasteiger partial charge in [0.1, 0.15) is 5.75 Å². The van der Waals surface area contributed by atoms with Gasteiger partial charge in [0, 0.05) is 12.6 Å². The van der Waals surface area contributed by atoms with Crippen molar-refractivity contribution in [3.63, 3.8) is 0 Å². The number of aliphatic imine (C=N–C) groups is 1. The van der Waals surface area contributed by atoms with Crippen LogP contribution < -0.4 is 15.7 Å². The van der Waals surface area contributed by atoms with Crippen molar-refractivity contribution in [1.82, 2.24) is 10.6 Å². The van der Waals surface area contributed by atoms with Gasteiger partial charge in [0.15, 0.2) is 11.0 Å². The number of carbonyl (C=O) groups excluding carboxylic acids is 3. The minimum absolute atomic E-state index is 0.00646. The first kappa shape index (κ1) is 16.6. The molecule has 1 heterocycles. The van der Waals surface area contributed by atoms with E-state index in [4.69, 9.17) is 0 Å². The van der Waals surface area contributed by atoms with Crippen LogP contribution in [0.15, 0.2) is 29.3 Å². The molecule has 1 aliphatic rings. The molecular formula is C14H12N3O5S-. The number of rotatable bonds is 5. The molecule has 2 amide bonds. The highest BCUT2D eigenvalue weighted by molar-refractivity contribution is 7.80. The van der Waals surface area contributed by atoms with Crippen molar-refractivity contribution in [1.29, 1.82) is 0 Å². The van der Waals surface area contributed by atoms with Gasteiger partial charge in [0.05, 0.1) is 12.0 Å². The molecule has 1 aromatic rings. The van der Waals surface area contributed by atoms with Crippen molar-refractivity contribution in [3.05, 3.63) is 29.8 Å². The number of hydrogen-bond donors (Lipinski definition) is 3. The Morgan fingerprint density at radius 3 is 2.39 bits per heavy atom. The summed E-state index contributed by atoms with van der Waals surface area (Å²) < 4.78 is 0. The van der Waals surface area contributed by atoms with Gasteiger partial charge >= 0.3 is 0 Å². The van der Waals surface area contributed by atoms with Crippen molar-refractivity contribution < 1.29 is 24.6 Å². The lowest BCUT2D eigenvalue weighted by molar-refractivity contribution is -0.307. The molecule has 1 aromatic carbocycles. The number of nitrogens with one attached hydrogen (secondary N) is 2. The van der Waals surface area contributed by atoms with Gasteiger partial charge in [0.2, 0.25) is 11.8 Å². The van der Waals surface area contributed by atoms with Gasteiger partial charge < -0.3 is 25.6 Å². The number of phenolic OH excluding ortho intramolecular Hbond substituents is 1. The van der Waals surface area contributed by atoms with Crippen molar-refractivity contribution in [2.75, 3.05) is 0 Å². The predicted molar refractivity (Wildman–Crippen MR) is 81.5 cm³/mol. The van der Waals surface area contributed by atoms with Crippen LogP contribution in [-0.2, 0) is 20.8 Å². The number of thiocarbonyl (C=S) groups is 1. The Morgan fingerprint density at radius 1 is 1.30 bits per heavy atom. The molecule has 0 bridgehead atoms. The summed E-state index contributed by atoms with van der Waals surface area (Å²) in [6.45, 7) is 0. The number of aromatic hydroxyl groups is 1. The molecule has 0 aromatic heterocycles. The number of carboxylic acids is 1. The minimum atomic E-state index is -1.44. The van der Waals surface area contributed by atoms with Crippen molar-refractivity contribution in [2.45, 2.75) is 12.5 Å². The van der Waals surface area contributed by atoms with Crippen LogP contribution in [0.3, 0.4) is 0 Å². The van der Waals surface area contributed by atoms with Crippen LogP contribution in [0.2, 0.25) is 0 Å². The number of phenols is 1. The van der Waals surface area contributed by atoms with Crippen molar-refractivity contribution in [3.8, 4) is 5.75 Å². The van der Waals surface area contributed by atoms with E-state index in [9.17, 15) is 24.6 Å². The van der Waals surface area contributed by atoms with Gasteiger partial charge in [0.25, 0.3) is 0 Å². The van der Waals surface area contributed by atoms with E-state index in [1.54, 1.807) is 12.1 Å². The summed E-state index contributed by atoms with van der Waals surface area (Å²) in [6.07, 6.45) is 0.959. The van der Waals surface area contributed by atoms with Crippen LogP contribution in [-0.4, -0.2) is 40.3 Å². The summed E-state index contributed by atoms with van der Waals surface area (Å²) in [6, 6.07) is 4.63. The summed E-state index contributed by atoms with van der Waals surface area (Å²) in [4.78, 5) is 38.2. The fourth-order valence-corrected chi connectivity index (χ4v) is 2.11. The topological polar surface area (TPSA) is 131 Å². The first-order valence-electron chi connectivity index (χ1n) is 6.54. The van der Waals surface area contributed by atoms with E-state index in [0.717, 1.165) is 6.21 Å². The number of amides is 2. The van der Waals surface area contributed by atoms with E-state index in [1.165, 1.54) is 12.1 Å². The van der Waals surface area contributed by atoms with Gasteiger partial charge in [-0.15, -0.1) is 0 Å². The number of nitrogens with zero attached hydrogens (tertiary/aromatic N) is 1. The van der Waals surface area contributed by atoms with Crippen LogP contribution in [0.25, 0.3) is 0 Å². The molecule has 1 aliphatic heterocycles. The number of carboxylic acid groups (broad SMARTS) is 1. The molecule has 1 atom stereocenters. The summed E-state index contributed by atoms with van der Waals surface area (Å²) in [5.74, 6) is -4.01. The number of carbonyl (C=O) groups is 3. The van der Waals surface area contributed by atoms with Crippen molar-refractivity contribution >= 4 is 41.3 Å². The average Bonchev–Trinajstić information content (AvgIpc) is 2.46. The van der Waals surface area contributed by atoms with Crippen molar-refractivity contribution in [2.24, 2.45) is 10.9 Å². The Morgan fingerprint density at radius 2 is 1.87 bits per heavy atom. The Bertz CT molecular complexity index is 666. The third kappa shape index (κ3) is 4.33. The van der Waals surface area contributed by atoms with Gasteiger partial charge in [-0.3, -0.25) is 14.6 Å². The smallest absolute Gasteiger partial charge is 0.244 e. The molecule has 1 saturated heterocycles. The molecule has 9 heteroatoms. The van der Waals surface area contributed by atoms with E-state index in [-0.39, 0.29) is 17.3 Å². The first-order chi connectivity index (χ1) is 10.9. The fourth-order valence-electron chi connectivity index (χ4n) is 1.91. The first-order valence-corrected chi connectivity index (χ1v) is 6.95. The standard InChI is InChI=1S/C14H13N3O5S/c18-8-3-1-7(2-4-8)5-10(13(21)22)15-6-9-11(19)16-14(23)17-12(9)20/h1-4,6,9-10,18H,5H2,(H,21,22)(H2,16,17,19,20,23)/p-1/t10-/m0/s1. The molecule has 2 rings (SSSR count). The zero-order chi connectivity index (χ0) is 17.0. The summed E-state index contributed by atoms with van der Waals surface area (Å²) in [5.41, 5.74) is 0.605. The lowest BCUT2D eigenvalue weighted by Crippen LogP contribution is -2.56. The maximum Gasteiger partial charge on any atom is 0.244 e. The molecule has 23 heavy (non-hydrogen) atoms. The number of hydrogen-bond acceptors (Lipinski definition) is 7. The lowest BCUT2D eigenvalue weighted by atomic mass is 10.1. The van der Waals surface area contributed by atoms with Gasteiger partial charge in [-0.05, 0) is 29.9 Å². The number of aliphatic carboxylic acids is 1. The minimum Gasteiger partial charge on any atom is -0.548 e. The average molecular weight is 334 g/mol. The molecule has 8 nitrogen and oxygen atoms in total. The van der Waals surface area contributed by atoms with Crippen LogP contribution >= 0.6 is 12.2 Å². The molecule has 3 N–H and O–H groups in total. The normalized spacial score (nSPS) is 17.0. The zero-order valence-corrected chi connectivity index (χ0v) is 12.5. The quantitative estimate of drug-likeness (QED) is 0.333. The third-order valence-electron chi connectivity index (χ3n) is 3.09. The van der Waals surface area contributed by atoms with E-state index in [0.29, 0.717) is 5.56 Å². The molecule has 0 saturated carbocycles. The Labute approximate surface area is 136 Å². The van der Waals surface area contributed by atoms with E-state index in [1.807, 2.05) is 0 Å². The predicted octanol–water partition coefficient (Wildman–Crippen LogP) is -1.73.